The van der Waals surface area contributed by atoms with Crippen LogP contribution in [0.15, 0.2) is 63.8 Å². The zero-order valence-corrected chi connectivity index (χ0v) is 18.2. The Labute approximate surface area is 193 Å². The molecule has 4 atom stereocenters. The highest BCUT2D eigenvalue weighted by atomic mass is 16.7. The summed E-state index contributed by atoms with van der Waals surface area (Å²) in [6.07, 6.45) is -4.35. The Balaban J connectivity index is 1.64. The summed E-state index contributed by atoms with van der Waals surface area (Å²) in [5.41, 5.74) is 0.299. The van der Waals surface area contributed by atoms with Crippen LogP contribution in [0.1, 0.15) is 5.56 Å². The molecule has 34 heavy (non-hydrogen) atoms. The zero-order valence-electron chi connectivity index (χ0n) is 18.2. The predicted molar refractivity (Wildman–Crippen MR) is 118 cm³/mol. The molecule has 1 aliphatic heterocycles. The highest BCUT2D eigenvalue weighted by Gasteiger charge is 2.46. The van der Waals surface area contributed by atoms with Gasteiger partial charge in [-0.3, -0.25) is 0 Å². The smallest absolute Gasteiger partial charge is 0.336 e. The fraction of sp³-hybridized carbons (Fsp3) is 0.250. The molecule has 1 aliphatic rings. The number of phenols is 1. The molecule has 4 rings (SSSR count). The number of benzene rings is 2. The number of aliphatic hydroxyl groups is 2. The molecule has 10 nitrogen and oxygen atoms in total. The van der Waals surface area contributed by atoms with E-state index in [1.165, 1.54) is 44.6 Å². The van der Waals surface area contributed by atoms with Crippen LogP contribution in [0.25, 0.3) is 16.5 Å². The van der Waals surface area contributed by atoms with E-state index in [-0.39, 0.29) is 28.4 Å². The fourth-order valence-electron chi connectivity index (χ4n) is 3.62. The molecule has 0 amide bonds. The number of carbonyl (C=O) groups is 1. The second-order valence-corrected chi connectivity index (χ2v) is 7.49. The number of aromatic hydroxyl groups is 1. The standard InChI is InChI=1S/C24H22O10/c1-30-18-9-13(4-7-16(18)25)15(11-20(27)31-2)23-21(28)22(29)24(34-23)32-14-6-3-12-5-8-19(26)33-17(12)10-14/h3-11,21-25,28-29H,1-2H3/b15-11+/t21-,22+,23-,24+/m0/s1. The number of rotatable bonds is 6. The lowest BCUT2D eigenvalue weighted by atomic mass is 9.95. The van der Waals surface area contributed by atoms with Gasteiger partial charge in [-0.15, -0.1) is 0 Å². The van der Waals surface area contributed by atoms with E-state index in [1.807, 2.05) is 0 Å². The van der Waals surface area contributed by atoms with Gasteiger partial charge in [-0.2, -0.15) is 0 Å². The number of ether oxygens (including phenoxy) is 4. The van der Waals surface area contributed by atoms with Crippen molar-refractivity contribution in [3.63, 3.8) is 0 Å². The number of fused-ring (bicyclic) bond motifs is 1. The molecule has 0 unspecified atom stereocenters. The predicted octanol–water partition coefficient (Wildman–Crippen LogP) is 1.59. The number of carbonyl (C=O) groups excluding carboxylic acids is 1. The summed E-state index contributed by atoms with van der Waals surface area (Å²) in [5.74, 6) is -0.489. The summed E-state index contributed by atoms with van der Waals surface area (Å²) in [5, 5.41) is 31.9. The fourth-order valence-corrected chi connectivity index (χ4v) is 3.62. The molecule has 0 spiro atoms. The van der Waals surface area contributed by atoms with Gasteiger partial charge < -0.3 is 38.7 Å². The van der Waals surface area contributed by atoms with E-state index in [2.05, 4.69) is 0 Å². The van der Waals surface area contributed by atoms with Crippen LogP contribution in [0.5, 0.6) is 17.2 Å². The molecule has 2 aromatic carbocycles. The van der Waals surface area contributed by atoms with Crippen molar-refractivity contribution < 1.29 is 43.5 Å². The largest absolute Gasteiger partial charge is 0.504 e. The van der Waals surface area contributed by atoms with E-state index in [1.54, 1.807) is 18.2 Å². The van der Waals surface area contributed by atoms with Crippen LogP contribution in [-0.4, -0.2) is 60.1 Å². The summed E-state index contributed by atoms with van der Waals surface area (Å²) >= 11 is 0. The Morgan fingerprint density at radius 1 is 1.03 bits per heavy atom. The van der Waals surface area contributed by atoms with Gasteiger partial charge in [-0.05, 0) is 41.5 Å². The first-order valence-corrected chi connectivity index (χ1v) is 10.2. The van der Waals surface area contributed by atoms with Crippen LogP contribution in [0.2, 0.25) is 0 Å². The van der Waals surface area contributed by atoms with E-state index < -0.39 is 36.2 Å². The average Bonchev–Trinajstić information content (AvgIpc) is 3.10. The average molecular weight is 470 g/mol. The van der Waals surface area contributed by atoms with Crippen LogP contribution < -0.4 is 15.1 Å². The van der Waals surface area contributed by atoms with E-state index in [0.717, 1.165) is 6.08 Å². The third-order valence-electron chi connectivity index (χ3n) is 5.36. The quantitative estimate of drug-likeness (QED) is 0.276. The van der Waals surface area contributed by atoms with Crippen LogP contribution in [0, 0.1) is 0 Å². The molecule has 0 aliphatic carbocycles. The third kappa shape index (κ3) is 4.60. The monoisotopic (exact) mass is 470 g/mol. The summed E-state index contributed by atoms with van der Waals surface area (Å²) < 4.78 is 26.5. The van der Waals surface area contributed by atoms with Crippen molar-refractivity contribution >= 4 is 22.5 Å². The van der Waals surface area contributed by atoms with Gasteiger partial charge in [-0.1, -0.05) is 6.07 Å². The third-order valence-corrected chi connectivity index (χ3v) is 5.36. The van der Waals surface area contributed by atoms with Crippen LogP contribution in [0.3, 0.4) is 0 Å². The minimum atomic E-state index is -1.48. The van der Waals surface area contributed by atoms with E-state index in [4.69, 9.17) is 23.4 Å². The summed E-state index contributed by atoms with van der Waals surface area (Å²) in [6, 6.07) is 11.9. The number of aliphatic hydroxyl groups excluding tert-OH is 2. The topological polar surface area (TPSA) is 145 Å². The molecule has 3 N–H and O–H groups in total. The Morgan fingerprint density at radius 3 is 2.53 bits per heavy atom. The maximum Gasteiger partial charge on any atom is 0.336 e. The van der Waals surface area contributed by atoms with E-state index >= 15 is 0 Å². The molecular formula is C24H22O10. The van der Waals surface area contributed by atoms with Crippen LogP contribution in [-0.2, 0) is 14.3 Å². The maximum absolute atomic E-state index is 12.0. The van der Waals surface area contributed by atoms with Crippen molar-refractivity contribution in [2.24, 2.45) is 0 Å². The van der Waals surface area contributed by atoms with Crippen LogP contribution in [0.4, 0.5) is 0 Å². The Bertz CT molecular complexity index is 1290. The van der Waals surface area contributed by atoms with E-state index in [9.17, 15) is 24.9 Å². The van der Waals surface area contributed by atoms with Gasteiger partial charge in [0.05, 0.1) is 14.2 Å². The number of phenolic OH excluding ortho intramolecular Hbond substituents is 1. The minimum Gasteiger partial charge on any atom is -0.504 e. The molecule has 0 saturated carbocycles. The van der Waals surface area contributed by atoms with Crippen molar-refractivity contribution in [1.29, 1.82) is 0 Å². The molecular weight excluding hydrogens is 448 g/mol. The van der Waals surface area contributed by atoms with Gasteiger partial charge in [0.1, 0.15) is 29.6 Å². The molecule has 2 heterocycles. The van der Waals surface area contributed by atoms with Gasteiger partial charge in [0.25, 0.3) is 0 Å². The molecule has 1 saturated heterocycles. The zero-order chi connectivity index (χ0) is 24.4. The minimum absolute atomic E-state index is 0.124. The van der Waals surface area contributed by atoms with Crippen molar-refractivity contribution in [2.45, 2.75) is 24.6 Å². The molecule has 3 aromatic rings. The SMILES string of the molecule is COC(=O)/C=C(\c1ccc(O)c(OC)c1)[C@@H]1O[C@@H](Oc2ccc3ccc(=O)oc3c2)[C@H](O)[C@@H]1O. The Hall–Kier alpha value is -3.86. The molecule has 0 radical (unpaired) electrons. The Kier molecular flexibility index (Phi) is 6.55. The number of hydrogen-bond donors (Lipinski definition) is 3. The van der Waals surface area contributed by atoms with Gasteiger partial charge in [0.15, 0.2) is 11.5 Å². The lowest BCUT2D eigenvalue weighted by Gasteiger charge is -2.19. The first-order valence-electron chi connectivity index (χ1n) is 10.2. The lowest BCUT2D eigenvalue weighted by Crippen LogP contribution is -2.35. The number of methoxy groups -OCH3 is 2. The summed E-state index contributed by atoms with van der Waals surface area (Å²) in [6.45, 7) is 0. The summed E-state index contributed by atoms with van der Waals surface area (Å²) in [7, 11) is 2.56. The molecule has 1 aromatic heterocycles. The normalized spacial score (nSPS) is 22.5. The lowest BCUT2D eigenvalue weighted by molar-refractivity contribution is -0.134. The first kappa shape index (κ1) is 23.3. The molecule has 1 fully saturated rings. The summed E-state index contributed by atoms with van der Waals surface area (Å²) in [4.78, 5) is 23.5. The number of esters is 1. The van der Waals surface area contributed by atoms with Crippen molar-refractivity contribution in [3.8, 4) is 17.2 Å². The second-order valence-electron chi connectivity index (χ2n) is 7.49. The van der Waals surface area contributed by atoms with Gasteiger partial charge in [-0.25, -0.2) is 9.59 Å². The molecule has 0 bridgehead atoms. The maximum atomic E-state index is 12.0. The highest BCUT2D eigenvalue weighted by molar-refractivity contribution is 5.93. The number of hydrogen-bond acceptors (Lipinski definition) is 10. The Morgan fingerprint density at radius 2 is 1.79 bits per heavy atom. The van der Waals surface area contributed by atoms with Gasteiger partial charge >= 0.3 is 11.6 Å². The molecule has 10 heteroatoms. The van der Waals surface area contributed by atoms with Crippen molar-refractivity contribution in [2.75, 3.05) is 14.2 Å². The second kappa shape index (κ2) is 9.56. The molecule has 178 valence electrons. The van der Waals surface area contributed by atoms with Crippen LogP contribution >= 0.6 is 0 Å². The highest BCUT2D eigenvalue weighted by Crippen LogP contribution is 2.36. The van der Waals surface area contributed by atoms with Gasteiger partial charge in [0, 0.05) is 23.6 Å². The van der Waals surface area contributed by atoms with Gasteiger partial charge in [0.2, 0.25) is 6.29 Å². The van der Waals surface area contributed by atoms with Crippen molar-refractivity contribution in [3.05, 3.63) is 70.6 Å². The van der Waals surface area contributed by atoms with E-state index in [0.29, 0.717) is 10.9 Å². The first-order chi connectivity index (χ1) is 16.3. The van der Waals surface area contributed by atoms with Crippen molar-refractivity contribution in [1.82, 2.24) is 0 Å².